The lowest BCUT2D eigenvalue weighted by Crippen LogP contribution is -2.44. The first kappa shape index (κ1) is 11.5. The largest absolute Gasteiger partial charge is 0.489 e. The first-order valence-electron chi connectivity index (χ1n) is 6.22. The van der Waals surface area contributed by atoms with Crippen molar-refractivity contribution < 1.29 is 4.74 Å². The fraction of sp³-hybridized carbons (Fsp3) is 0.571. The minimum absolute atomic E-state index is 0.253. The molecule has 1 saturated heterocycles. The van der Waals surface area contributed by atoms with Crippen LogP contribution in [-0.2, 0) is 0 Å². The summed E-state index contributed by atoms with van der Waals surface area (Å²) in [7, 11) is 0. The zero-order chi connectivity index (χ0) is 11.4. The monoisotopic (exact) mass is 219 g/mol. The maximum atomic E-state index is 5.95. The smallest absolute Gasteiger partial charge is 0.119 e. The van der Waals surface area contributed by atoms with Crippen molar-refractivity contribution in [3.63, 3.8) is 0 Å². The van der Waals surface area contributed by atoms with Gasteiger partial charge in [0.15, 0.2) is 0 Å². The van der Waals surface area contributed by atoms with Crippen molar-refractivity contribution in [3.8, 4) is 5.75 Å². The molecule has 1 aromatic carbocycles. The summed E-state index contributed by atoms with van der Waals surface area (Å²) in [5.74, 6) is 0.977. The topological polar surface area (TPSA) is 21.3 Å². The van der Waals surface area contributed by atoms with Gasteiger partial charge in [-0.1, -0.05) is 24.1 Å². The van der Waals surface area contributed by atoms with E-state index in [1.165, 1.54) is 24.8 Å². The molecule has 2 heteroatoms. The van der Waals surface area contributed by atoms with Crippen LogP contribution < -0.4 is 10.1 Å². The van der Waals surface area contributed by atoms with Crippen LogP contribution in [0.5, 0.6) is 5.75 Å². The predicted octanol–water partition coefficient (Wildman–Crippen LogP) is 2.90. The molecule has 0 amide bonds. The highest BCUT2D eigenvalue weighted by Crippen LogP contribution is 2.17. The summed E-state index contributed by atoms with van der Waals surface area (Å²) in [6, 6.07) is 8.80. The Labute approximate surface area is 98.0 Å². The van der Waals surface area contributed by atoms with Gasteiger partial charge in [-0.2, -0.15) is 0 Å². The van der Waals surface area contributed by atoms with Gasteiger partial charge < -0.3 is 10.1 Å². The van der Waals surface area contributed by atoms with Gasteiger partial charge in [0.05, 0.1) is 0 Å². The molecule has 0 saturated carbocycles. The number of hydrogen-bond donors (Lipinski definition) is 1. The summed E-state index contributed by atoms with van der Waals surface area (Å²) < 4.78 is 5.95. The van der Waals surface area contributed by atoms with Gasteiger partial charge in [-0.05, 0) is 45.4 Å². The fourth-order valence-corrected chi connectivity index (χ4v) is 2.19. The van der Waals surface area contributed by atoms with Crippen LogP contribution in [0, 0.1) is 6.92 Å². The lowest BCUT2D eigenvalue weighted by Gasteiger charge is -2.29. The van der Waals surface area contributed by atoms with Crippen LogP contribution >= 0.6 is 0 Å². The highest BCUT2D eigenvalue weighted by molar-refractivity contribution is 5.26. The van der Waals surface area contributed by atoms with Gasteiger partial charge in [0.25, 0.3) is 0 Å². The maximum absolute atomic E-state index is 5.95. The fourth-order valence-electron chi connectivity index (χ4n) is 2.19. The number of benzene rings is 1. The van der Waals surface area contributed by atoms with Crippen molar-refractivity contribution in [3.05, 3.63) is 29.8 Å². The van der Waals surface area contributed by atoms with Crippen LogP contribution in [0.15, 0.2) is 24.3 Å². The van der Waals surface area contributed by atoms with Crippen molar-refractivity contribution in [2.75, 3.05) is 6.54 Å². The highest BCUT2D eigenvalue weighted by atomic mass is 16.5. The van der Waals surface area contributed by atoms with Crippen LogP contribution in [0.2, 0.25) is 0 Å². The second kappa shape index (κ2) is 5.35. The molecule has 1 heterocycles. The molecule has 88 valence electrons. The summed E-state index contributed by atoms with van der Waals surface area (Å²) in [5.41, 5.74) is 1.27. The van der Waals surface area contributed by atoms with Gasteiger partial charge in [0.2, 0.25) is 0 Å². The molecule has 1 aliphatic rings. The normalized spacial score (nSPS) is 22.8. The van der Waals surface area contributed by atoms with Gasteiger partial charge in [-0.3, -0.25) is 0 Å². The molecule has 2 unspecified atom stereocenters. The second-order valence-electron chi connectivity index (χ2n) is 4.69. The molecule has 0 aromatic heterocycles. The van der Waals surface area contributed by atoms with Gasteiger partial charge >= 0.3 is 0 Å². The van der Waals surface area contributed by atoms with Gasteiger partial charge in [0, 0.05) is 6.04 Å². The van der Waals surface area contributed by atoms with Crippen LogP contribution in [-0.4, -0.2) is 18.7 Å². The summed E-state index contributed by atoms with van der Waals surface area (Å²) in [6.07, 6.45) is 4.10. The third-order valence-electron chi connectivity index (χ3n) is 3.26. The molecular formula is C14H21NO. The number of nitrogens with one attached hydrogen (secondary N) is 1. The van der Waals surface area contributed by atoms with Crippen LogP contribution in [0.3, 0.4) is 0 Å². The molecule has 2 nitrogen and oxygen atoms in total. The van der Waals surface area contributed by atoms with E-state index < -0.39 is 0 Å². The Hall–Kier alpha value is -1.02. The SMILES string of the molecule is Cc1ccc(OC(C)C2CCCCN2)cc1. The molecule has 0 spiro atoms. The van der Waals surface area contributed by atoms with Crippen molar-refractivity contribution in [1.29, 1.82) is 0 Å². The van der Waals surface area contributed by atoms with E-state index in [2.05, 4.69) is 43.4 Å². The molecule has 1 fully saturated rings. The Bertz CT molecular complexity index is 314. The minimum Gasteiger partial charge on any atom is -0.489 e. The molecule has 0 radical (unpaired) electrons. The maximum Gasteiger partial charge on any atom is 0.119 e. The Morgan fingerprint density at radius 3 is 2.62 bits per heavy atom. The molecule has 16 heavy (non-hydrogen) atoms. The molecular weight excluding hydrogens is 198 g/mol. The molecule has 1 aliphatic heterocycles. The minimum atomic E-state index is 0.253. The van der Waals surface area contributed by atoms with Crippen LogP contribution in [0.4, 0.5) is 0 Å². The Kier molecular flexibility index (Phi) is 3.83. The number of rotatable bonds is 3. The highest BCUT2D eigenvalue weighted by Gasteiger charge is 2.20. The van der Waals surface area contributed by atoms with Crippen LogP contribution in [0.25, 0.3) is 0 Å². The molecule has 1 aromatic rings. The average molecular weight is 219 g/mol. The van der Waals surface area contributed by atoms with Gasteiger partial charge in [-0.25, -0.2) is 0 Å². The quantitative estimate of drug-likeness (QED) is 0.844. The predicted molar refractivity (Wildman–Crippen MR) is 66.9 cm³/mol. The van der Waals surface area contributed by atoms with Crippen molar-refractivity contribution in [2.45, 2.75) is 45.3 Å². The van der Waals surface area contributed by atoms with E-state index in [0.29, 0.717) is 6.04 Å². The van der Waals surface area contributed by atoms with Crippen molar-refractivity contribution in [2.24, 2.45) is 0 Å². The average Bonchev–Trinajstić information content (AvgIpc) is 2.33. The van der Waals surface area contributed by atoms with E-state index >= 15 is 0 Å². The lowest BCUT2D eigenvalue weighted by atomic mass is 10.0. The van der Waals surface area contributed by atoms with Crippen molar-refractivity contribution >= 4 is 0 Å². The Morgan fingerprint density at radius 1 is 1.25 bits per heavy atom. The molecule has 2 atom stereocenters. The van der Waals surface area contributed by atoms with Gasteiger partial charge in [0.1, 0.15) is 11.9 Å². The van der Waals surface area contributed by atoms with E-state index in [0.717, 1.165) is 12.3 Å². The summed E-state index contributed by atoms with van der Waals surface area (Å²) in [6.45, 7) is 5.38. The first-order chi connectivity index (χ1) is 7.75. The zero-order valence-corrected chi connectivity index (χ0v) is 10.2. The Morgan fingerprint density at radius 2 is 2.00 bits per heavy atom. The lowest BCUT2D eigenvalue weighted by molar-refractivity contribution is 0.152. The number of aryl methyl sites for hydroxylation is 1. The molecule has 1 N–H and O–H groups in total. The van der Waals surface area contributed by atoms with Gasteiger partial charge in [-0.15, -0.1) is 0 Å². The van der Waals surface area contributed by atoms with E-state index in [1.807, 2.05) is 0 Å². The number of ether oxygens (including phenoxy) is 1. The standard InChI is InChI=1S/C14H21NO/c1-11-6-8-13(9-7-11)16-12(2)14-5-3-4-10-15-14/h6-9,12,14-15H,3-5,10H2,1-2H3. The van der Waals surface area contributed by atoms with Crippen LogP contribution in [0.1, 0.15) is 31.7 Å². The first-order valence-corrected chi connectivity index (χ1v) is 6.22. The van der Waals surface area contributed by atoms with E-state index in [-0.39, 0.29) is 6.10 Å². The second-order valence-corrected chi connectivity index (χ2v) is 4.69. The third-order valence-corrected chi connectivity index (χ3v) is 3.26. The van der Waals surface area contributed by atoms with E-state index in [4.69, 9.17) is 4.74 Å². The molecule has 0 bridgehead atoms. The number of piperidine rings is 1. The molecule has 2 rings (SSSR count). The summed E-state index contributed by atoms with van der Waals surface area (Å²) in [4.78, 5) is 0. The summed E-state index contributed by atoms with van der Waals surface area (Å²) in [5, 5.41) is 3.53. The zero-order valence-electron chi connectivity index (χ0n) is 10.2. The van der Waals surface area contributed by atoms with E-state index in [1.54, 1.807) is 0 Å². The third kappa shape index (κ3) is 2.99. The van der Waals surface area contributed by atoms with Crippen molar-refractivity contribution in [1.82, 2.24) is 5.32 Å². The van der Waals surface area contributed by atoms with E-state index in [9.17, 15) is 0 Å². The number of hydrogen-bond acceptors (Lipinski definition) is 2. The summed E-state index contributed by atoms with van der Waals surface area (Å²) >= 11 is 0. The Balaban J connectivity index is 1.90. The molecule has 0 aliphatic carbocycles.